The molecule has 7 nitrogen and oxygen atoms in total. The monoisotopic (exact) mass is 520 g/mol. The van der Waals surface area contributed by atoms with Gasteiger partial charge in [0.05, 0.1) is 12.1 Å². The van der Waals surface area contributed by atoms with Gasteiger partial charge in [-0.15, -0.1) is 0 Å². The SMILES string of the molecule is Cc1ccc(CN(C)C[C@H](NC(=O)CNC(=O)c2cccc(C(F)(F)F)c2)C(=O)NC(C)(C)C)c(C)c1. The zero-order chi connectivity index (χ0) is 28.0. The Balaban J connectivity index is 2.05. The molecule has 0 fully saturated rings. The molecule has 0 bridgehead atoms. The molecule has 0 aromatic heterocycles. The van der Waals surface area contributed by atoms with Crippen LogP contribution in [-0.4, -0.2) is 54.3 Å². The van der Waals surface area contributed by atoms with Gasteiger partial charge in [-0.25, -0.2) is 0 Å². The summed E-state index contributed by atoms with van der Waals surface area (Å²) in [5.74, 6) is -1.87. The summed E-state index contributed by atoms with van der Waals surface area (Å²) in [6.45, 7) is 9.71. The molecule has 0 spiro atoms. The van der Waals surface area contributed by atoms with Gasteiger partial charge in [-0.3, -0.25) is 19.3 Å². The van der Waals surface area contributed by atoms with Crippen LogP contribution < -0.4 is 16.0 Å². The number of alkyl halides is 3. The first-order chi connectivity index (χ1) is 17.0. The van der Waals surface area contributed by atoms with E-state index in [0.717, 1.165) is 34.9 Å². The Morgan fingerprint density at radius 1 is 1.00 bits per heavy atom. The molecule has 37 heavy (non-hydrogen) atoms. The molecule has 3 N–H and O–H groups in total. The summed E-state index contributed by atoms with van der Waals surface area (Å²) in [6, 6.07) is 9.10. The molecule has 0 unspecified atom stereocenters. The van der Waals surface area contributed by atoms with E-state index in [1.807, 2.05) is 58.7 Å². The molecule has 202 valence electrons. The lowest BCUT2D eigenvalue weighted by Crippen LogP contribution is -2.56. The van der Waals surface area contributed by atoms with Gasteiger partial charge in [0.2, 0.25) is 11.8 Å². The van der Waals surface area contributed by atoms with E-state index in [-0.39, 0.29) is 12.1 Å². The lowest BCUT2D eigenvalue weighted by atomic mass is 10.0. The van der Waals surface area contributed by atoms with Crippen LogP contribution in [0.25, 0.3) is 0 Å². The largest absolute Gasteiger partial charge is 0.416 e. The Hall–Kier alpha value is -3.40. The molecule has 3 amide bonds. The van der Waals surface area contributed by atoms with E-state index in [2.05, 4.69) is 22.0 Å². The van der Waals surface area contributed by atoms with E-state index in [1.165, 1.54) is 6.07 Å². The van der Waals surface area contributed by atoms with Gasteiger partial charge in [0.25, 0.3) is 5.91 Å². The van der Waals surface area contributed by atoms with Gasteiger partial charge in [0, 0.05) is 24.2 Å². The summed E-state index contributed by atoms with van der Waals surface area (Å²) in [7, 11) is 1.83. The Morgan fingerprint density at radius 2 is 1.68 bits per heavy atom. The summed E-state index contributed by atoms with van der Waals surface area (Å²) < 4.78 is 38.8. The van der Waals surface area contributed by atoms with Crippen molar-refractivity contribution in [3.05, 3.63) is 70.3 Å². The van der Waals surface area contributed by atoms with Crippen LogP contribution >= 0.6 is 0 Å². The number of amides is 3. The van der Waals surface area contributed by atoms with E-state index in [0.29, 0.717) is 6.54 Å². The first-order valence-corrected chi connectivity index (χ1v) is 11.9. The van der Waals surface area contributed by atoms with Crippen molar-refractivity contribution in [1.82, 2.24) is 20.9 Å². The van der Waals surface area contributed by atoms with E-state index < -0.39 is 47.6 Å². The van der Waals surface area contributed by atoms with Gasteiger partial charge in [-0.05, 0) is 71.0 Å². The number of likely N-dealkylation sites (N-methyl/N-ethyl adjacent to an activating group) is 1. The third-order valence-electron chi connectivity index (χ3n) is 5.44. The minimum absolute atomic E-state index is 0.197. The minimum atomic E-state index is -4.59. The maximum atomic E-state index is 12.9. The van der Waals surface area contributed by atoms with Crippen LogP contribution in [-0.2, 0) is 22.3 Å². The highest BCUT2D eigenvalue weighted by atomic mass is 19.4. The average Bonchev–Trinajstić information content (AvgIpc) is 2.77. The van der Waals surface area contributed by atoms with Gasteiger partial charge in [0.1, 0.15) is 6.04 Å². The van der Waals surface area contributed by atoms with Crippen molar-refractivity contribution in [3.8, 4) is 0 Å². The van der Waals surface area contributed by atoms with Gasteiger partial charge in [-0.2, -0.15) is 13.2 Å². The Bertz CT molecular complexity index is 1130. The number of nitrogens with zero attached hydrogens (tertiary/aromatic N) is 1. The van der Waals surface area contributed by atoms with E-state index >= 15 is 0 Å². The zero-order valence-corrected chi connectivity index (χ0v) is 22.0. The van der Waals surface area contributed by atoms with Crippen LogP contribution in [0, 0.1) is 13.8 Å². The second-order valence-corrected chi connectivity index (χ2v) is 10.2. The van der Waals surface area contributed by atoms with E-state index in [4.69, 9.17) is 0 Å². The zero-order valence-electron chi connectivity index (χ0n) is 22.0. The van der Waals surface area contributed by atoms with E-state index in [1.54, 1.807) is 0 Å². The Kier molecular flexibility index (Phi) is 9.86. The summed E-state index contributed by atoms with van der Waals surface area (Å²) in [5, 5.41) is 7.80. The molecule has 0 heterocycles. The molecule has 2 aromatic rings. The first-order valence-electron chi connectivity index (χ1n) is 11.9. The maximum absolute atomic E-state index is 12.9. The smallest absolute Gasteiger partial charge is 0.350 e. The molecular formula is C27H35F3N4O3. The van der Waals surface area contributed by atoms with Crippen LogP contribution in [0.5, 0.6) is 0 Å². The van der Waals surface area contributed by atoms with Gasteiger partial charge >= 0.3 is 6.18 Å². The lowest BCUT2D eigenvalue weighted by molar-refractivity contribution is -0.137. The molecule has 10 heteroatoms. The highest BCUT2D eigenvalue weighted by Crippen LogP contribution is 2.29. The summed E-state index contributed by atoms with van der Waals surface area (Å²) in [4.78, 5) is 39.8. The summed E-state index contributed by atoms with van der Waals surface area (Å²) in [6.07, 6.45) is -4.59. The molecule has 0 saturated carbocycles. The third-order valence-corrected chi connectivity index (χ3v) is 5.44. The second-order valence-electron chi connectivity index (χ2n) is 10.2. The van der Waals surface area contributed by atoms with E-state index in [9.17, 15) is 27.6 Å². The molecule has 0 aliphatic heterocycles. The van der Waals surface area contributed by atoms with Crippen LogP contribution in [0.3, 0.4) is 0 Å². The fourth-order valence-electron chi connectivity index (χ4n) is 3.69. The first kappa shape index (κ1) is 29.8. The standard InChI is InChI=1S/C27H35F3N4O3/c1-17-10-11-20(18(2)12-17)15-34(6)16-22(25(37)33-26(3,4)5)32-23(35)14-31-24(36)19-8-7-9-21(13-19)27(28,29)30/h7-13,22H,14-16H2,1-6H3,(H,31,36)(H,32,35)(H,33,37)/t22-/m0/s1. The molecule has 0 aliphatic rings. The summed E-state index contributed by atoms with van der Waals surface area (Å²) in [5.41, 5.74) is 1.62. The number of aryl methyl sites for hydroxylation is 2. The Labute approximate surface area is 215 Å². The number of carbonyl (C=O) groups is 3. The molecule has 1 atom stereocenters. The summed E-state index contributed by atoms with van der Waals surface area (Å²) >= 11 is 0. The molecular weight excluding hydrogens is 485 g/mol. The van der Waals surface area contributed by atoms with Gasteiger partial charge in [0.15, 0.2) is 0 Å². The third kappa shape index (κ3) is 9.87. The van der Waals surface area contributed by atoms with Crippen LogP contribution in [0.15, 0.2) is 42.5 Å². The second kappa shape index (κ2) is 12.2. The number of carbonyl (C=O) groups excluding carboxylic acids is 3. The van der Waals surface area contributed by atoms with Crippen molar-refractivity contribution < 1.29 is 27.6 Å². The average molecular weight is 521 g/mol. The van der Waals surface area contributed by atoms with Crippen LogP contribution in [0.2, 0.25) is 0 Å². The van der Waals surface area contributed by atoms with Crippen molar-refractivity contribution >= 4 is 17.7 Å². The van der Waals surface area contributed by atoms with Gasteiger partial charge < -0.3 is 16.0 Å². The van der Waals surface area contributed by atoms with Crippen molar-refractivity contribution in [2.75, 3.05) is 20.1 Å². The van der Waals surface area contributed by atoms with Crippen molar-refractivity contribution in [1.29, 1.82) is 0 Å². The van der Waals surface area contributed by atoms with Crippen molar-refractivity contribution in [2.45, 2.75) is 58.9 Å². The number of hydrogen-bond acceptors (Lipinski definition) is 4. The molecule has 0 saturated heterocycles. The van der Waals surface area contributed by atoms with Crippen molar-refractivity contribution in [3.63, 3.8) is 0 Å². The molecule has 0 radical (unpaired) electrons. The Morgan fingerprint density at radius 3 is 2.27 bits per heavy atom. The minimum Gasteiger partial charge on any atom is -0.350 e. The van der Waals surface area contributed by atoms with Crippen LogP contribution in [0.1, 0.15) is 53.4 Å². The van der Waals surface area contributed by atoms with Gasteiger partial charge in [-0.1, -0.05) is 29.8 Å². The fourth-order valence-corrected chi connectivity index (χ4v) is 3.69. The highest BCUT2D eigenvalue weighted by molar-refractivity contribution is 5.97. The normalized spacial score (nSPS) is 12.7. The number of hydrogen-bond donors (Lipinski definition) is 3. The predicted molar refractivity (Wildman–Crippen MR) is 136 cm³/mol. The number of rotatable bonds is 9. The fraction of sp³-hybridized carbons (Fsp3) is 0.444. The maximum Gasteiger partial charge on any atom is 0.416 e. The quantitative estimate of drug-likeness (QED) is 0.472. The van der Waals surface area contributed by atoms with Crippen LogP contribution in [0.4, 0.5) is 13.2 Å². The number of nitrogens with one attached hydrogen (secondary N) is 3. The molecule has 0 aliphatic carbocycles. The number of halogens is 3. The van der Waals surface area contributed by atoms with Crippen molar-refractivity contribution in [2.24, 2.45) is 0 Å². The lowest BCUT2D eigenvalue weighted by Gasteiger charge is -2.28. The predicted octanol–water partition coefficient (Wildman–Crippen LogP) is 3.58. The molecule has 2 aromatic carbocycles. The topological polar surface area (TPSA) is 90.5 Å². The molecule has 2 rings (SSSR count). The number of benzene rings is 2. The highest BCUT2D eigenvalue weighted by Gasteiger charge is 2.31.